The van der Waals surface area contributed by atoms with Crippen LogP contribution in [0, 0.1) is 18.3 Å². The predicted molar refractivity (Wildman–Crippen MR) is 173 cm³/mol. The summed E-state index contributed by atoms with van der Waals surface area (Å²) in [5, 5.41) is 14.5. The predicted octanol–water partition coefficient (Wildman–Crippen LogP) is 7.24. The highest BCUT2D eigenvalue weighted by Crippen LogP contribution is 2.34. The number of hydrogen-bond acceptors (Lipinski definition) is 7. The Morgan fingerprint density at radius 1 is 0.977 bits per heavy atom. The molecule has 0 aliphatic rings. The molecular weight excluding hydrogens is 552 g/mol. The molecule has 1 aromatic heterocycles. The Balaban J connectivity index is 1.57. The summed E-state index contributed by atoms with van der Waals surface area (Å²) in [6, 6.07) is 26.2. The zero-order valence-corrected chi connectivity index (χ0v) is 25.5. The van der Waals surface area contributed by atoms with Crippen molar-refractivity contribution in [1.82, 2.24) is 9.66 Å². The quantitative estimate of drug-likeness (QED) is 0.160. The number of nitriles is 1. The van der Waals surface area contributed by atoms with E-state index in [1.54, 1.807) is 31.5 Å². The lowest BCUT2D eigenvalue weighted by molar-refractivity contribution is 0.269. The molecule has 0 unspecified atom stereocenters. The Labute approximate surface area is 256 Å². The summed E-state index contributed by atoms with van der Waals surface area (Å²) in [6.07, 6.45) is 1.61. The molecule has 222 valence electrons. The smallest absolute Gasteiger partial charge is 0.282 e. The number of rotatable bonds is 10. The van der Waals surface area contributed by atoms with Crippen LogP contribution in [0.1, 0.15) is 54.5 Å². The topological polar surface area (TPSA) is 98.7 Å². The highest BCUT2D eigenvalue weighted by Gasteiger charge is 2.18. The zero-order valence-electron chi connectivity index (χ0n) is 25.5. The van der Waals surface area contributed by atoms with Crippen molar-refractivity contribution in [2.24, 2.45) is 5.10 Å². The molecule has 0 bridgehead atoms. The minimum Gasteiger partial charge on any atom is -0.496 e. The van der Waals surface area contributed by atoms with Crippen molar-refractivity contribution in [1.29, 1.82) is 5.26 Å². The van der Waals surface area contributed by atoms with Crippen molar-refractivity contribution in [3.05, 3.63) is 117 Å². The van der Waals surface area contributed by atoms with Crippen LogP contribution in [0.2, 0.25) is 0 Å². The molecule has 0 saturated heterocycles. The van der Waals surface area contributed by atoms with E-state index in [9.17, 15) is 10.1 Å². The first-order valence-electron chi connectivity index (χ1n) is 14.5. The normalized spacial score (nSPS) is 11.2. The van der Waals surface area contributed by atoms with Gasteiger partial charge in [0.2, 0.25) is 0 Å². The van der Waals surface area contributed by atoms with E-state index >= 15 is 0 Å². The fourth-order valence-electron chi connectivity index (χ4n) is 5.00. The van der Waals surface area contributed by atoms with Crippen LogP contribution in [0.25, 0.3) is 22.3 Å². The number of nitrogens with zero attached hydrogens (tertiary/aromatic N) is 4. The molecule has 0 atom stereocenters. The van der Waals surface area contributed by atoms with E-state index in [0.717, 1.165) is 28.0 Å². The van der Waals surface area contributed by atoms with E-state index < -0.39 is 0 Å². The Morgan fingerprint density at radius 2 is 1.75 bits per heavy atom. The zero-order chi connectivity index (χ0) is 31.2. The number of ether oxygens (including phenoxy) is 3. The third kappa shape index (κ3) is 6.18. The van der Waals surface area contributed by atoms with Gasteiger partial charge in [-0.05, 0) is 85.0 Å². The number of aromatic nitrogens is 2. The summed E-state index contributed by atoms with van der Waals surface area (Å²) in [7, 11) is 1.66. The lowest BCUT2D eigenvalue weighted by Crippen LogP contribution is -2.20. The van der Waals surface area contributed by atoms with Gasteiger partial charge in [0.1, 0.15) is 12.4 Å². The summed E-state index contributed by atoms with van der Waals surface area (Å²) in [5.74, 6) is 2.49. The number of hydrogen-bond donors (Lipinski definition) is 0. The molecule has 0 aliphatic carbocycles. The minimum absolute atomic E-state index is 0.194. The minimum atomic E-state index is -0.274. The van der Waals surface area contributed by atoms with Gasteiger partial charge in [0, 0.05) is 11.1 Å². The molecule has 0 fully saturated rings. The molecule has 0 radical (unpaired) electrons. The molecule has 0 N–H and O–H groups in total. The van der Waals surface area contributed by atoms with E-state index in [-0.39, 0.29) is 18.1 Å². The molecule has 5 aromatic rings. The number of benzene rings is 4. The van der Waals surface area contributed by atoms with Crippen LogP contribution >= 0.6 is 0 Å². The van der Waals surface area contributed by atoms with Gasteiger partial charge in [-0.25, -0.2) is 4.98 Å². The fraction of sp³-hybridized carbons (Fsp3) is 0.222. The Bertz CT molecular complexity index is 1950. The fourth-order valence-corrected chi connectivity index (χ4v) is 5.00. The number of methoxy groups -OCH3 is 1. The maximum Gasteiger partial charge on any atom is 0.282 e. The van der Waals surface area contributed by atoms with Crippen LogP contribution in [-0.2, 0) is 6.61 Å². The summed E-state index contributed by atoms with van der Waals surface area (Å²) in [5.41, 5.74) is 5.10. The largest absolute Gasteiger partial charge is 0.496 e. The molecule has 0 spiro atoms. The molecule has 0 aliphatic heterocycles. The average Bonchev–Trinajstić information content (AvgIpc) is 3.03. The average molecular weight is 587 g/mol. The molecule has 44 heavy (non-hydrogen) atoms. The van der Waals surface area contributed by atoms with Crippen molar-refractivity contribution in [2.45, 2.75) is 40.2 Å². The highest BCUT2D eigenvalue weighted by atomic mass is 16.5. The molecule has 4 aromatic carbocycles. The van der Waals surface area contributed by atoms with E-state index in [1.807, 2.05) is 74.5 Å². The molecular formula is C36H34N4O4. The van der Waals surface area contributed by atoms with Crippen molar-refractivity contribution in [2.75, 3.05) is 13.7 Å². The second-order valence-electron chi connectivity index (χ2n) is 10.6. The first kappa shape index (κ1) is 30.1. The van der Waals surface area contributed by atoms with Gasteiger partial charge in [0.05, 0.1) is 42.5 Å². The van der Waals surface area contributed by atoms with Crippen LogP contribution in [-0.4, -0.2) is 29.6 Å². The molecule has 0 amide bonds. The van der Waals surface area contributed by atoms with E-state index in [4.69, 9.17) is 19.2 Å². The summed E-state index contributed by atoms with van der Waals surface area (Å²) < 4.78 is 18.9. The summed E-state index contributed by atoms with van der Waals surface area (Å²) in [6.45, 7) is 8.71. The number of para-hydroxylation sites is 1. The molecule has 8 nitrogen and oxygen atoms in total. The van der Waals surface area contributed by atoms with Crippen molar-refractivity contribution in [3.63, 3.8) is 0 Å². The number of aryl methyl sites for hydroxylation is 1. The monoisotopic (exact) mass is 586 g/mol. The van der Waals surface area contributed by atoms with Crippen molar-refractivity contribution in [3.8, 4) is 34.7 Å². The van der Waals surface area contributed by atoms with Crippen LogP contribution < -0.4 is 19.8 Å². The summed E-state index contributed by atoms with van der Waals surface area (Å²) >= 11 is 0. The van der Waals surface area contributed by atoms with Gasteiger partial charge in [0.25, 0.3) is 5.56 Å². The van der Waals surface area contributed by atoms with Gasteiger partial charge < -0.3 is 14.2 Å². The maximum absolute atomic E-state index is 13.8. The van der Waals surface area contributed by atoms with Crippen molar-refractivity contribution < 1.29 is 14.2 Å². The van der Waals surface area contributed by atoms with Gasteiger partial charge >= 0.3 is 0 Å². The van der Waals surface area contributed by atoms with Gasteiger partial charge in [-0.2, -0.15) is 15.0 Å². The SMILES string of the molecule is CCOc1cc(C=Nn2c(-c3cc(C(C)C)c(OC)cc3C)nc3ccccc3c2=O)ccc1OCc1ccccc1C#N. The van der Waals surface area contributed by atoms with Crippen molar-refractivity contribution >= 4 is 17.1 Å². The molecule has 1 heterocycles. The lowest BCUT2D eigenvalue weighted by Gasteiger charge is -2.17. The highest BCUT2D eigenvalue weighted by molar-refractivity contribution is 5.83. The number of fused-ring (bicyclic) bond motifs is 1. The van der Waals surface area contributed by atoms with Crippen LogP contribution in [0.4, 0.5) is 0 Å². The van der Waals surface area contributed by atoms with Gasteiger partial charge in [-0.1, -0.05) is 44.2 Å². The molecule has 0 saturated carbocycles. The van der Waals surface area contributed by atoms with Gasteiger partial charge in [0.15, 0.2) is 17.3 Å². The summed E-state index contributed by atoms with van der Waals surface area (Å²) in [4.78, 5) is 18.7. The second kappa shape index (κ2) is 13.3. The van der Waals surface area contributed by atoms with E-state index in [0.29, 0.717) is 46.0 Å². The molecule has 8 heteroatoms. The maximum atomic E-state index is 13.8. The molecule has 5 rings (SSSR count). The second-order valence-corrected chi connectivity index (χ2v) is 10.6. The van der Waals surface area contributed by atoms with Crippen LogP contribution in [0.15, 0.2) is 88.8 Å². The van der Waals surface area contributed by atoms with E-state index in [2.05, 4.69) is 25.0 Å². The third-order valence-corrected chi connectivity index (χ3v) is 7.30. The third-order valence-electron chi connectivity index (χ3n) is 7.30. The van der Waals surface area contributed by atoms with E-state index in [1.165, 1.54) is 4.68 Å². The first-order valence-corrected chi connectivity index (χ1v) is 14.5. The van der Waals surface area contributed by atoms with Crippen LogP contribution in [0.5, 0.6) is 17.2 Å². The lowest BCUT2D eigenvalue weighted by atomic mass is 9.96. The van der Waals surface area contributed by atoms with Gasteiger partial charge in [-0.3, -0.25) is 4.79 Å². The standard InChI is InChI=1S/C36H34N4O4/c1-6-43-34-18-25(15-16-32(34)44-22-27-12-8-7-11-26(27)20-37)21-38-40-35(39-31-14-10-9-13-28(31)36(40)41)30-19-29(23(2)3)33(42-5)17-24(30)4/h7-19,21,23H,6,22H2,1-5H3. The Kier molecular flexibility index (Phi) is 9.06. The Hall–Kier alpha value is -5.42. The Morgan fingerprint density at radius 3 is 2.50 bits per heavy atom. The first-order chi connectivity index (χ1) is 21.3. The van der Waals surface area contributed by atoms with Crippen LogP contribution in [0.3, 0.4) is 0 Å². The van der Waals surface area contributed by atoms with Gasteiger partial charge in [-0.15, -0.1) is 0 Å².